The highest BCUT2D eigenvalue weighted by atomic mass is 16.5. The molecule has 4 heterocycles. The molecular formula is C26H36N8O2. The van der Waals surface area contributed by atoms with Gasteiger partial charge in [-0.1, -0.05) is 12.1 Å². The van der Waals surface area contributed by atoms with Crippen LogP contribution < -0.4 is 5.32 Å². The number of carbonyl (C=O) groups is 1. The van der Waals surface area contributed by atoms with Crippen molar-refractivity contribution >= 4 is 22.9 Å². The molecule has 10 heteroatoms. The number of fused-ring (bicyclic) bond motifs is 1. The molecule has 2 saturated heterocycles. The Morgan fingerprint density at radius 3 is 2.44 bits per heavy atom. The molecule has 192 valence electrons. The number of nitrogens with zero attached hydrogens (tertiary/aromatic N) is 7. The van der Waals surface area contributed by atoms with E-state index in [1.165, 1.54) is 0 Å². The van der Waals surface area contributed by atoms with Crippen LogP contribution in [0.5, 0.6) is 0 Å². The molecule has 36 heavy (non-hydrogen) atoms. The van der Waals surface area contributed by atoms with Crippen LogP contribution in [0.4, 0.5) is 5.82 Å². The number of nitrogens with one attached hydrogen (secondary N) is 1. The smallest absolute Gasteiger partial charge is 0.253 e. The summed E-state index contributed by atoms with van der Waals surface area (Å²) >= 11 is 0. The first-order chi connectivity index (χ1) is 17.5. The summed E-state index contributed by atoms with van der Waals surface area (Å²) in [6.07, 6.45) is 1.60. The molecule has 1 aromatic carbocycles. The molecule has 0 radical (unpaired) electrons. The van der Waals surface area contributed by atoms with Crippen LogP contribution >= 0.6 is 0 Å². The molecule has 0 aliphatic carbocycles. The van der Waals surface area contributed by atoms with Crippen molar-refractivity contribution in [3.05, 3.63) is 36.2 Å². The number of hydrogen-bond acceptors (Lipinski definition) is 8. The van der Waals surface area contributed by atoms with Crippen LogP contribution in [0.1, 0.15) is 30.2 Å². The summed E-state index contributed by atoms with van der Waals surface area (Å²) in [6, 6.07) is 7.96. The van der Waals surface area contributed by atoms with Crippen LogP contribution in [-0.4, -0.2) is 113 Å². The molecule has 2 aliphatic heterocycles. The van der Waals surface area contributed by atoms with Crippen molar-refractivity contribution < 1.29 is 9.53 Å². The highest BCUT2D eigenvalue weighted by Gasteiger charge is 2.22. The number of likely N-dealkylation sites (N-methyl/N-ethyl adjacent to an activating group) is 1. The molecule has 2 aliphatic rings. The summed E-state index contributed by atoms with van der Waals surface area (Å²) < 4.78 is 7.58. The van der Waals surface area contributed by atoms with Crippen LogP contribution in [0.15, 0.2) is 30.6 Å². The Balaban J connectivity index is 1.37. The van der Waals surface area contributed by atoms with Gasteiger partial charge in [0.15, 0.2) is 17.0 Å². The fourth-order valence-corrected chi connectivity index (χ4v) is 4.84. The van der Waals surface area contributed by atoms with Gasteiger partial charge in [-0.05, 0) is 33.0 Å². The van der Waals surface area contributed by atoms with Crippen LogP contribution in [0.3, 0.4) is 0 Å². The van der Waals surface area contributed by atoms with Gasteiger partial charge in [-0.25, -0.2) is 15.0 Å². The van der Waals surface area contributed by atoms with Gasteiger partial charge in [0.2, 0.25) is 0 Å². The fourth-order valence-electron chi connectivity index (χ4n) is 4.84. The zero-order valence-corrected chi connectivity index (χ0v) is 21.5. The van der Waals surface area contributed by atoms with Crippen molar-refractivity contribution in [3.8, 4) is 11.4 Å². The Labute approximate surface area is 212 Å². The van der Waals surface area contributed by atoms with Crippen LogP contribution in [-0.2, 0) is 4.74 Å². The Kier molecular flexibility index (Phi) is 7.45. The first-order valence-electron chi connectivity index (χ1n) is 12.9. The number of piperazine rings is 1. The van der Waals surface area contributed by atoms with Gasteiger partial charge in [0.1, 0.15) is 12.2 Å². The Hall–Kier alpha value is -3.08. The van der Waals surface area contributed by atoms with Crippen LogP contribution in [0.2, 0.25) is 0 Å². The normalized spacial score (nSPS) is 17.7. The maximum atomic E-state index is 13.0. The van der Waals surface area contributed by atoms with Gasteiger partial charge in [0, 0.05) is 69.5 Å². The average Bonchev–Trinajstić information content (AvgIpc) is 3.30. The van der Waals surface area contributed by atoms with E-state index in [0.29, 0.717) is 5.56 Å². The van der Waals surface area contributed by atoms with E-state index in [1.807, 2.05) is 29.2 Å². The number of hydrogen-bond donors (Lipinski definition) is 1. The molecule has 3 aromatic rings. The second kappa shape index (κ2) is 10.9. The number of benzene rings is 1. The Morgan fingerprint density at radius 1 is 1.03 bits per heavy atom. The van der Waals surface area contributed by atoms with E-state index >= 15 is 0 Å². The lowest BCUT2D eigenvalue weighted by atomic mass is 10.1. The molecule has 2 fully saturated rings. The van der Waals surface area contributed by atoms with Crippen molar-refractivity contribution in [2.75, 3.05) is 77.9 Å². The molecule has 0 unspecified atom stereocenters. The number of anilines is 1. The predicted molar refractivity (Wildman–Crippen MR) is 140 cm³/mol. The number of carbonyl (C=O) groups excluding carboxylic acids is 1. The quantitative estimate of drug-likeness (QED) is 0.537. The van der Waals surface area contributed by atoms with E-state index in [4.69, 9.17) is 9.72 Å². The molecule has 2 aromatic heterocycles. The topological polar surface area (TPSA) is 91.7 Å². The summed E-state index contributed by atoms with van der Waals surface area (Å²) in [6.45, 7) is 12.8. The minimum Gasteiger partial charge on any atom is -0.379 e. The van der Waals surface area contributed by atoms with Crippen molar-refractivity contribution in [1.29, 1.82) is 0 Å². The highest BCUT2D eigenvalue weighted by Crippen LogP contribution is 2.30. The summed E-state index contributed by atoms with van der Waals surface area (Å²) in [4.78, 5) is 33.6. The van der Waals surface area contributed by atoms with Crippen molar-refractivity contribution in [1.82, 2.24) is 34.2 Å². The maximum Gasteiger partial charge on any atom is 0.253 e. The largest absolute Gasteiger partial charge is 0.379 e. The Bertz CT molecular complexity index is 1180. The number of amides is 1. The zero-order valence-electron chi connectivity index (χ0n) is 21.5. The van der Waals surface area contributed by atoms with Gasteiger partial charge in [0.05, 0.1) is 13.2 Å². The molecule has 1 N–H and O–H groups in total. The van der Waals surface area contributed by atoms with Gasteiger partial charge in [0.25, 0.3) is 5.91 Å². The van der Waals surface area contributed by atoms with Gasteiger partial charge < -0.3 is 24.4 Å². The molecule has 0 atom stereocenters. The number of ether oxygens (including phenoxy) is 1. The first-order valence-corrected chi connectivity index (χ1v) is 12.9. The second-order valence-corrected chi connectivity index (χ2v) is 9.85. The number of morpholine rings is 1. The SMILES string of the molecule is CC(C)n1c(-c2ccc(C(=O)N3CCN(C)CC3)cc2)nc2c(NCCN3CCOCC3)ncnc21. The van der Waals surface area contributed by atoms with Crippen molar-refractivity contribution in [3.63, 3.8) is 0 Å². The Morgan fingerprint density at radius 2 is 1.75 bits per heavy atom. The molecule has 1 amide bonds. The molecular weight excluding hydrogens is 456 g/mol. The molecule has 10 nitrogen and oxygen atoms in total. The summed E-state index contributed by atoms with van der Waals surface area (Å²) in [5.41, 5.74) is 3.24. The van der Waals surface area contributed by atoms with Gasteiger partial charge >= 0.3 is 0 Å². The monoisotopic (exact) mass is 492 g/mol. The molecule has 0 bridgehead atoms. The molecule has 5 rings (SSSR count). The zero-order chi connectivity index (χ0) is 25.1. The van der Waals surface area contributed by atoms with E-state index in [-0.39, 0.29) is 11.9 Å². The lowest BCUT2D eigenvalue weighted by Crippen LogP contribution is -2.47. The maximum absolute atomic E-state index is 13.0. The van der Waals surface area contributed by atoms with E-state index in [1.54, 1.807) is 6.33 Å². The van der Waals surface area contributed by atoms with Crippen molar-refractivity contribution in [2.45, 2.75) is 19.9 Å². The number of aromatic nitrogens is 4. The fraction of sp³-hybridized carbons (Fsp3) is 0.538. The van der Waals surface area contributed by atoms with Gasteiger partial charge in [-0.2, -0.15) is 0 Å². The lowest BCUT2D eigenvalue weighted by molar-refractivity contribution is 0.0398. The number of imidazole rings is 1. The summed E-state index contributed by atoms with van der Waals surface area (Å²) in [7, 11) is 2.09. The number of rotatable bonds is 7. The third kappa shape index (κ3) is 5.21. The molecule has 0 saturated carbocycles. The molecule has 0 spiro atoms. The predicted octanol–water partition coefficient (Wildman–Crippen LogP) is 2.21. The van der Waals surface area contributed by atoms with Gasteiger partial charge in [-0.3, -0.25) is 9.69 Å². The minimum absolute atomic E-state index is 0.0876. The summed E-state index contributed by atoms with van der Waals surface area (Å²) in [5, 5.41) is 3.47. The summed E-state index contributed by atoms with van der Waals surface area (Å²) in [5.74, 6) is 1.66. The van der Waals surface area contributed by atoms with E-state index in [9.17, 15) is 4.79 Å². The van der Waals surface area contributed by atoms with E-state index < -0.39 is 0 Å². The standard InChI is InChI=1S/C26H36N8O2/c1-19(2)34-24(20-4-6-21(7-5-20)26(35)33-12-10-31(3)11-13-33)30-22-23(28-18-29-25(22)34)27-8-9-32-14-16-36-17-15-32/h4-7,18-19H,8-17H2,1-3H3,(H,27,28,29). The lowest BCUT2D eigenvalue weighted by Gasteiger charge is -2.32. The van der Waals surface area contributed by atoms with Crippen molar-refractivity contribution in [2.24, 2.45) is 0 Å². The van der Waals surface area contributed by atoms with Gasteiger partial charge in [-0.15, -0.1) is 0 Å². The van der Waals surface area contributed by atoms with E-state index in [0.717, 1.165) is 93.9 Å². The third-order valence-electron chi connectivity index (χ3n) is 7.00. The second-order valence-electron chi connectivity index (χ2n) is 9.85. The van der Waals surface area contributed by atoms with E-state index in [2.05, 4.69) is 50.5 Å². The first kappa shape index (κ1) is 24.6. The average molecular weight is 493 g/mol. The minimum atomic E-state index is 0.0876. The third-order valence-corrected chi connectivity index (χ3v) is 7.00. The van der Waals surface area contributed by atoms with Crippen LogP contribution in [0.25, 0.3) is 22.6 Å². The van der Waals surface area contributed by atoms with Crippen LogP contribution in [0, 0.1) is 0 Å². The highest BCUT2D eigenvalue weighted by molar-refractivity contribution is 5.95.